The molecule has 0 saturated carbocycles. The van der Waals surface area contributed by atoms with Gasteiger partial charge >= 0.3 is 0 Å². The maximum Gasteiger partial charge on any atom is 0.273 e. The first-order chi connectivity index (χ1) is 17.5. The van der Waals surface area contributed by atoms with E-state index < -0.39 is 6.04 Å². The quantitative estimate of drug-likeness (QED) is 0.361. The molecule has 7 nitrogen and oxygen atoms in total. The number of rotatable bonds is 8. The molecular formula is C29H29N3O4. The molecule has 1 unspecified atom stereocenters. The number of fused-ring (bicyclic) bond motifs is 1. The van der Waals surface area contributed by atoms with E-state index in [1.807, 2.05) is 80.6 Å². The Kier molecular flexibility index (Phi) is 6.48. The van der Waals surface area contributed by atoms with Crippen molar-refractivity contribution in [3.63, 3.8) is 0 Å². The topological polar surface area (TPSA) is 87.7 Å². The van der Waals surface area contributed by atoms with Gasteiger partial charge in [0.05, 0.1) is 12.6 Å². The van der Waals surface area contributed by atoms with Crippen molar-refractivity contribution < 1.29 is 19.4 Å². The van der Waals surface area contributed by atoms with Crippen molar-refractivity contribution in [2.75, 3.05) is 20.3 Å². The number of phenolic OH excluding ortho intramolecular Hbond substituents is 1. The molecule has 3 aromatic carbocycles. The predicted octanol–water partition coefficient (Wildman–Crippen LogP) is 5.17. The number of aromatic amines is 1. The first-order valence-electron chi connectivity index (χ1n) is 11.9. The van der Waals surface area contributed by atoms with Crippen molar-refractivity contribution in [1.82, 2.24) is 15.1 Å². The summed E-state index contributed by atoms with van der Waals surface area (Å²) in [4.78, 5) is 15.2. The molecule has 0 aliphatic carbocycles. The van der Waals surface area contributed by atoms with Gasteiger partial charge in [0.2, 0.25) is 0 Å². The number of phenols is 1. The molecule has 7 heteroatoms. The lowest BCUT2D eigenvalue weighted by molar-refractivity contribution is 0.0677. The van der Waals surface area contributed by atoms with Crippen molar-refractivity contribution in [3.8, 4) is 22.8 Å². The number of nitrogens with one attached hydrogen (secondary N) is 1. The van der Waals surface area contributed by atoms with Crippen LogP contribution in [0.3, 0.4) is 0 Å². The third-order valence-electron chi connectivity index (χ3n) is 6.52. The summed E-state index contributed by atoms with van der Waals surface area (Å²) in [6, 6.07) is 21.2. The van der Waals surface area contributed by atoms with Crippen LogP contribution in [0.4, 0.5) is 0 Å². The summed E-state index contributed by atoms with van der Waals surface area (Å²) in [5, 5.41) is 18.3. The minimum absolute atomic E-state index is 0.148. The number of nitrogens with zero attached hydrogens (tertiary/aromatic N) is 2. The Morgan fingerprint density at radius 1 is 1.06 bits per heavy atom. The van der Waals surface area contributed by atoms with Crippen LogP contribution in [0.25, 0.3) is 11.3 Å². The van der Waals surface area contributed by atoms with Crippen LogP contribution in [-0.4, -0.2) is 46.4 Å². The van der Waals surface area contributed by atoms with Gasteiger partial charge in [0.1, 0.15) is 29.5 Å². The Morgan fingerprint density at radius 3 is 2.64 bits per heavy atom. The predicted molar refractivity (Wildman–Crippen MR) is 137 cm³/mol. The van der Waals surface area contributed by atoms with E-state index in [1.54, 1.807) is 12.0 Å². The van der Waals surface area contributed by atoms with Crippen molar-refractivity contribution in [3.05, 3.63) is 100 Å². The first kappa shape index (κ1) is 23.6. The van der Waals surface area contributed by atoms with Crippen LogP contribution in [-0.2, 0) is 11.3 Å². The van der Waals surface area contributed by atoms with Gasteiger partial charge in [-0.2, -0.15) is 5.10 Å². The van der Waals surface area contributed by atoms with E-state index >= 15 is 0 Å². The highest BCUT2D eigenvalue weighted by atomic mass is 16.5. The lowest BCUT2D eigenvalue weighted by Gasteiger charge is -2.26. The molecule has 0 radical (unpaired) electrons. The zero-order valence-electron chi connectivity index (χ0n) is 20.6. The lowest BCUT2D eigenvalue weighted by Crippen LogP contribution is -2.32. The van der Waals surface area contributed by atoms with Crippen LogP contribution in [0.2, 0.25) is 0 Å². The molecule has 1 aromatic heterocycles. The maximum atomic E-state index is 13.5. The first-order valence-corrected chi connectivity index (χ1v) is 11.9. The standard InChI is InChI=1S/C29H29N3O4/c1-18-14-19(2)28(33)23(15-18)25-24-26(31-30-25)29(34)32(12-13-35-3)27(24)21-10-7-11-22(16-21)36-17-20-8-5-4-6-9-20/h4-11,14-16,27,33H,12-13,17H2,1-3H3,(H,30,31). The van der Waals surface area contributed by atoms with Gasteiger partial charge in [0, 0.05) is 24.8 Å². The summed E-state index contributed by atoms with van der Waals surface area (Å²) in [6.45, 7) is 5.09. The molecule has 2 heterocycles. The summed E-state index contributed by atoms with van der Waals surface area (Å²) in [5.74, 6) is 0.727. The number of amides is 1. The van der Waals surface area contributed by atoms with E-state index in [0.717, 1.165) is 27.8 Å². The number of benzene rings is 3. The van der Waals surface area contributed by atoms with E-state index in [1.165, 1.54) is 0 Å². The average molecular weight is 484 g/mol. The third kappa shape index (κ3) is 4.33. The Morgan fingerprint density at radius 2 is 1.86 bits per heavy atom. The zero-order chi connectivity index (χ0) is 25.2. The number of methoxy groups -OCH3 is 1. The zero-order valence-corrected chi connectivity index (χ0v) is 20.6. The average Bonchev–Trinajstić information content (AvgIpc) is 3.43. The van der Waals surface area contributed by atoms with E-state index in [-0.39, 0.29) is 11.7 Å². The number of hydrogen-bond acceptors (Lipinski definition) is 5. The highest BCUT2D eigenvalue weighted by Gasteiger charge is 2.42. The van der Waals surface area contributed by atoms with E-state index in [0.29, 0.717) is 42.5 Å². The summed E-state index contributed by atoms with van der Waals surface area (Å²) >= 11 is 0. The fraction of sp³-hybridized carbons (Fsp3) is 0.241. The highest BCUT2D eigenvalue weighted by molar-refractivity contribution is 6.00. The molecular weight excluding hydrogens is 454 g/mol. The number of carbonyl (C=O) groups excluding carboxylic acids is 1. The van der Waals surface area contributed by atoms with Gasteiger partial charge in [-0.05, 0) is 54.3 Å². The molecule has 0 bridgehead atoms. The molecule has 1 atom stereocenters. The van der Waals surface area contributed by atoms with Gasteiger partial charge in [-0.15, -0.1) is 0 Å². The second-order valence-corrected chi connectivity index (χ2v) is 9.08. The molecule has 36 heavy (non-hydrogen) atoms. The molecule has 5 rings (SSSR count). The molecule has 0 fully saturated rings. The number of ether oxygens (including phenoxy) is 2. The van der Waals surface area contributed by atoms with Crippen molar-refractivity contribution in [2.45, 2.75) is 26.5 Å². The minimum Gasteiger partial charge on any atom is -0.507 e. The van der Waals surface area contributed by atoms with Crippen LogP contribution < -0.4 is 4.74 Å². The molecule has 1 amide bonds. The summed E-state index contributed by atoms with van der Waals surface area (Å²) in [7, 11) is 1.62. The maximum absolute atomic E-state index is 13.5. The molecule has 2 N–H and O–H groups in total. The number of aromatic nitrogens is 2. The van der Waals surface area contributed by atoms with Crippen LogP contribution in [0.1, 0.15) is 44.3 Å². The number of hydrogen-bond donors (Lipinski definition) is 2. The van der Waals surface area contributed by atoms with Gasteiger partial charge in [-0.3, -0.25) is 9.89 Å². The van der Waals surface area contributed by atoms with Crippen molar-refractivity contribution in [1.29, 1.82) is 0 Å². The van der Waals surface area contributed by atoms with E-state index in [9.17, 15) is 9.90 Å². The Balaban J connectivity index is 1.57. The smallest absolute Gasteiger partial charge is 0.273 e. The lowest BCUT2D eigenvalue weighted by atomic mass is 9.94. The van der Waals surface area contributed by atoms with Crippen molar-refractivity contribution >= 4 is 5.91 Å². The van der Waals surface area contributed by atoms with Crippen LogP contribution in [0, 0.1) is 13.8 Å². The van der Waals surface area contributed by atoms with Crippen LogP contribution >= 0.6 is 0 Å². The Bertz CT molecular complexity index is 1400. The highest BCUT2D eigenvalue weighted by Crippen LogP contribution is 2.45. The number of carbonyl (C=O) groups is 1. The summed E-state index contributed by atoms with van der Waals surface area (Å²) in [6.07, 6.45) is 0. The molecule has 1 aliphatic heterocycles. The normalized spacial score (nSPS) is 14.8. The fourth-order valence-electron chi connectivity index (χ4n) is 4.82. The number of H-pyrrole nitrogens is 1. The number of aromatic hydroxyl groups is 1. The van der Waals surface area contributed by atoms with E-state index in [4.69, 9.17) is 9.47 Å². The molecule has 0 spiro atoms. The summed E-state index contributed by atoms with van der Waals surface area (Å²) in [5.41, 5.74) is 6.09. The molecule has 184 valence electrons. The fourth-order valence-corrected chi connectivity index (χ4v) is 4.82. The van der Waals surface area contributed by atoms with Crippen LogP contribution in [0.5, 0.6) is 11.5 Å². The Hall–Kier alpha value is -4.10. The van der Waals surface area contributed by atoms with Gasteiger partial charge < -0.3 is 19.5 Å². The second-order valence-electron chi connectivity index (χ2n) is 9.08. The third-order valence-corrected chi connectivity index (χ3v) is 6.52. The molecule has 4 aromatic rings. The molecule has 0 saturated heterocycles. The Labute approximate surface area is 210 Å². The van der Waals surface area contributed by atoms with Crippen molar-refractivity contribution in [2.24, 2.45) is 0 Å². The molecule has 1 aliphatic rings. The van der Waals surface area contributed by atoms with Gasteiger partial charge in [0.15, 0.2) is 0 Å². The second kappa shape index (κ2) is 9.87. The van der Waals surface area contributed by atoms with E-state index in [2.05, 4.69) is 10.2 Å². The minimum atomic E-state index is -0.406. The largest absolute Gasteiger partial charge is 0.507 e. The summed E-state index contributed by atoms with van der Waals surface area (Å²) < 4.78 is 11.4. The number of aryl methyl sites for hydroxylation is 2. The van der Waals surface area contributed by atoms with Gasteiger partial charge in [-0.1, -0.05) is 48.5 Å². The van der Waals surface area contributed by atoms with Gasteiger partial charge in [0.25, 0.3) is 5.91 Å². The van der Waals surface area contributed by atoms with Crippen LogP contribution in [0.15, 0.2) is 66.7 Å². The SMILES string of the molecule is COCCN1C(=O)c2[nH]nc(-c3cc(C)cc(C)c3O)c2C1c1cccc(OCc2ccccc2)c1. The van der Waals surface area contributed by atoms with Gasteiger partial charge in [-0.25, -0.2) is 0 Å². The monoisotopic (exact) mass is 483 g/mol.